The highest BCUT2D eigenvalue weighted by molar-refractivity contribution is 5.57. The number of hydroxylamine groups is 1. The Morgan fingerprint density at radius 3 is 1.83 bits per heavy atom. The third-order valence-electron chi connectivity index (χ3n) is 1.95. The molecule has 0 heterocycles. The van der Waals surface area contributed by atoms with E-state index < -0.39 is 0 Å². The average Bonchev–Trinajstić information content (AvgIpc) is 1.82. The summed E-state index contributed by atoms with van der Waals surface area (Å²) in [7, 11) is 1.53. The summed E-state index contributed by atoms with van der Waals surface area (Å²) in [5, 5.41) is 12.0. The molecule has 2 heteroatoms. The Kier molecular flexibility index (Phi) is 2.38. The number of hydrogen-bond acceptors (Lipinski definition) is 1. The average molecular weight is 164 g/mol. The summed E-state index contributed by atoms with van der Waals surface area (Å²) < 4.78 is 0. The second kappa shape index (κ2) is 3.15. The smallest absolute Gasteiger partial charge is 0.0722 e. The number of hydrogen-bond donors (Lipinski definition) is 0. The van der Waals surface area contributed by atoms with Gasteiger partial charge < -0.3 is 0 Å². The van der Waals surface area contributed by atoms with Crippen molar-refractivity contribution in [3.8, 4) is 0 Å². The first kappa shape index (κ1) is 9.07. The summed E-state index contributed by atoms with van der Waals surface area (Å²) in [4.78, 5) is 0. The highest BCUT2D eigenvalue weighted by Gasteiger charge is 2.06. The van der Waals surface area contributed by atoms with Gasteiger partial charge >= 0.3 is 0 Å². The van der Waals surface area contributed by atoms with Crippen molar-refractivity contribution in [3.05, 3.63) is 28.8 Å². The van der Waals surface area contributed by atoms with Crippen LogP contribution < -0.4 is 5.06 Å². The maximum atomic E-state index is 11.1. The van der Waals surface area contributed by atoms with Gasteiger partial charge in [-0.15, -0.1) is 0 Å². The first-order valence-electron chi connectivity index (χ1n) is 4.01. The minimum absolute atomic E-state index is 0.792. The highest BCUT2D eigenvalue weighted by Crippen LogP contribution is 2.23. The van der Waals surface area contributed by atoms with Gasteiger partial charge in [0.1, 0.15) is 0 Å². The lowest BCUT2D eigenvalue weighted by molar-refractivity contribution is 0.177. The van der Waals surface area contributed by atoms with Crippen molar-refractivity contribution >= 4 is 5.69 Å². The van der Waals surface area contributed by atoms with Crippen molar-refractivity contribution < 1.29 is 5.21 Å². The number of rotatable bonds is 1. The Balaban J connectivity index is 3.28. The molecule has 0 spiro atoms. The predicted molar refractivity (Wildman–Crippen MR) is 49.7 cm³/mol. The quantitative estimate of drug-likeness (QED) is 0.584. The molecular formula is C10H14NO. The van der Waals surface area contributed by atoms with Crippen LogP contribution in [0.5, 0.6) is 0 Å². The summed E-state index contributed by atoms with van der Waals surface area (Å²) in [6, 6.07) is 4.05. The van der Waals surface area contributed by atoms with Crippen molar-refractivity contribution in [2.75, 3.05) is 12.1 Å². The second-order valence-electron chi connectivity index (χ2n) is 3.24. The molecule has 0 aliphatic carbocycles. The molecule has 1 aromatic carbocycles. The number of anilines is 1. The molecule has 2 nitrogen and oxygen atoms in total. The van der Waals surface area contributed by atoms with E-state index in [-0.39, 0.29) is 0 Å². The van der Waals surface area contributed by atoms with Gasteiger partial charge in [-0.25, -0.2) is 5.06 Å². The van der Waals surface area contributed by atoms with Crippen molar-refractivity contribution in [2.24, 2.45) is 0 Å². The maximum Gasteiger partial charge on any atom is 0.0722 e. The first-order chi connectivity index (χ1) is 5.52. The monoisotopic (exact) mass is 164 g/mol. The van der Waals surface area contributed by atoms with Crippen molar-refractivity contribution in [1.82, 2.24) is 0 Å². The van der Waals surface area contributed by atoms with Gasteiger partial charge in [0.25, 0.3) is 0 Å². The van der Waals surface area contributed by atoms with E-state index in [1.54, 1.807) is 0 Å². The molecule has 0 aromatic heterocycles. The van der Waals surface area contributed by atoms with Gasteiger partial charge in [-0.1, -0.05) is 22.9 Å². The van der Waals surface area contributed by atoms with Crippen LogP contribution in [0.4, 0.5) is 5.69 Å². The minimum atomic E-state index is 0.792. The van der Waals surface area contributed by atoms with Gasteiger partial charge in [-0.3, -0.25) is 0 Å². The van der Waals surface area contributed by atoms with Crippen LogP contribution in [0.1, 0.15) is 16.7 Å². The van der Waals surface area contributed by atoms with Crippen LogP contribution in [0, 0.1) is 20.8 Å². The molecule has 0 N–H and O–H groups in total. The number of benzene rings is 1. The molecule has 1 radical (unpaired) electrons. The van der Waals surface area contributed by atoms with Gasteiger partial charge in [0.05, 0.1) is 5.69 Å². The Hall–Kier alpha value is -1.02. The molecule has 12 heavy (non-hydrogen) atoms. The van der Waals surface area contributed by atoms with Crippen LogP contribution in [0.2, 0.25) is 0 Å². The molecule has 0 amide bonds. The zero-order chi connectivity index (χ0) is 9.30. The van der Waals surface area contributed by atoms with E-state index in [1.807, 2.05) is 32.9 Å². The molecule has 1 rings (SSSR count). The third kappa shape index (κ3) is 1.59. The molecule has 0 atom stereocenters. The predicted octanol–water partition coefficient (Wildman–Crippen LogP) is 2.39. The lowest BCUT2D eigenvalue weighted by atomic mass is 10.1. The third-order valence-corrected chi connectivity index (χ3v) is 1.95. The standard InChI is InChI=1S/C10H14NO/c1-7-5-8(2)10(11(4)12)9(3)6-7/h5-6H,1-4H3. The van der Waals surface area contributed by atoms with Crippen molar-refractivity contribution in [2.45, 2.75) is 20.8 Å². The molecule has 65 valence electrons. The van der Waals surface area contributed by atoms with Crippen LogP contribution in [-0.4, -0.2) is 7.05 Å². The molecule has 0 unspecified atom stereocenters. The van der Waals surface area contributed by atoms with Crippen LogP contribution in [0.3, 0.4) is 0 Å². The molecule has 0 aliphatic rings. The van der Waals surface area contributed by atoms with Gasteiger partial charge in [0, 0.05) is 7.05 Å². The van der Waals surface area contributed by atoms with Gasteiger partial charge in [0.2, 0.25) is 0 Å². The van der Waals surface area contributed by atoms with Crippen LogP contribution in [0.25, 0.3) is 0 Å². The van der Waals surface area contributed by atoms with E-state index in [9.17, 15) is 5.21 Å². The molecule has 0 bridgehead atoms. The van der Waals surface area contributed by atoms with E-state index >= 15 is 0 Å². The second-order valence-corrected chi connectivity index (χ2v) is 3.24. The van der Waals surface area contributed by atoms with E-state index in [4.69, 9.17) is 0 Å². The SMILES string of the molecule is Cc1cc(C)c(N(C)[O])c(C)c1. The minimum Gasteiger partial charge on any atom is -0.223 e. The highest BCUT2D eigenvalue weighted by atomic mass is 16.5. The van der Waals surface area contributed by atoms with Gasteiger partial charge in [-0.05, 0) is 31.9 Å². The summed E-state index contributed by atoms with van der Waals surface area (Å²) in [6.07, 6.45) is 0. The lowest BCUT2D eigenvalue weighted by Crippen LogP contribution is -2.11. The molecule has 0 aliphatic heterocycles. The molecule has 1 aromatic rings. The zero-order valence-corrected chi connectivity index (χ0v) is 8.01. The fourth-order valence-electron chi connectivity index (χ4n) is 1.67. The molecule has 0 fully saturated rings. The largest absolute Gasteiger partial charge is 0.223 e. The topological polar surface area (TPSA) is 23.1 Å². The van der Waals surface area contributed by atoms with Crippen LogP contribution in [0.15, 0.2) is 12.1 Å². The van der Waals surface area contributed by atoms with Crippen molar-refractivity contribution in [1.29, 1.82) is 0 Å². The summed E-state index contributed by atoms with van der Waals surface area (Å²) in [6.45, 7) is 5.96. The van der Waals surface area contributed by atoms with E-state index in [2.05, 4.69) is 0 Å². The Bertz CT molecular complexity index is 269. The molecule has 0 saturated carbocycles. The van der Waals surface area contributed by atoms with E-state index in [0.29, 0.717) is 0 Å². The maximum absolute atomic E-state index is 11.1. The Labute approximate surface area is 73.4 Å². The normalized spacial score (nSPS) is 10.1. The first-order valence-corrected chi connectivity index (χ1v) is 4.01. The van der Waals surface area contributed by atoms with Crippen molar-refractivity contribution in [3.63, 3.8) is 0 Å². The fraction of sp³-hybridized carbons (Fsp3) is 0.400. The number of nitrogens with zero attached hydrogens (tertiary/aromatic N) is 1. The van der Waals surface area contributed by atoms with Gasteiger partial charge in [-0.2, -0.15) is 0 Å². The lowest BCUT2D eigenvalue weighted by Gasteiger charge is -2.14. The summed E-state index contributed by atoms with van der Waals surface area (Å²) in [5.74, 6) is 0. The Morgan fingerprint density at radius 2 is 1.50 bits per heavy atom. The molecule has 0 saturated heterocycles. The Morgan fingerprint density at radius 1 is 1.08 bits per heavy atom. The van der Waals surface area contributed by atoms with Crippen LogP contribution in [-0.2, 0) is 5.21 Å². The fourth-order valence-corrected chi connectivity index (χ4v) is 1.67. The summed E-state index contributed by atoms with van der Waals surface area (Å²) >= 11 is 0. The number of aryl methyl sites for hydroxylation is 3. The van der Waals surface area contributed by atoms with Gasteiger partial charge in [0.15, 0.2) is 0 Å². The van der Waals surface area contributed by atoms with E-state index in [0.717, 1.165) is 21.9 Å². The van der Waals surface area contributed by atoms with Crippen LogP contribution >= 0.6 is 0 Å². The summed E-state index contributed by atoms with van der Waals surface area (Å²) in [5.41, 5.74) is 4.09. The van der Waals surface area contributed by atoms with E-state index in [1.165, 1.54) is 12.6 Å². The zero-order valence-electron chi connectivity index (χ0n) is 8.01. The molecular weight excluding hydrogens is 150 g/mol.